The van der Waals surface area contributed by atoms with Crippen LogP contribution < -0.4 is 10.6 Å². The molecule has 0 radical (unpaired) electrons. The van der Waals surface area contributed by atoms with Gasteiger partial charge in [0.2, 0.25) is 5.95 Å². The van der Waals surface area contributed by atoms with E-state index >= 15 is 0 Å². The van der Waals surface area contributed by atoms with E-state index in [2.05, 4.69) is 20.8 Å². The Balaban J connectivity index is 1.84. The zero-order chi connectivity index (χ0) is 17.3. The molecule has 6 nitrogen and oxygen atoms in total. The van der Waals surface area contributed by atoms with E-state index in [1.165, 1.54) is 16.5 Å². The SMILES string of the molecule is O=C(Nc1ccccc1C(F)(F)F)Nc1nnc2cccc(Cl)n12. The van der Waals surface area contributed by atoms with E-state index in [1.807, 2.05) is 0 Å². The second-order valence-corrected chi connectivity index (χ2v) is 5.08. The summed E-state index contributed by atoms with van der Waals surface area (Å²) < 4.78 is 40.1. The Labute approximate surface area is 138 Å². The molecule has 124 valence electrons. The standard InChI is InChI=1S/C14H9ClF3N5O/c15-10-6-3-7-11-21-22-12(23(10)11)20-13(24)19-9-5-2-1-4-8(9)14(16,17)18/h1-7H,(H2,19,20,22,24). The average molecular weight is 356 g/mol. The topological polar surface area (TPSA) is 71.3 Å². The number of rotatable bonds is 2. The summed E-state index contributed by atoms with van der Waals surface area (Å²) in [6.45, 7) is 0. The number of hydrogen-bond donors (Lipinski definition) is 2. The monoisotopic (exact) mass is 355 g/mol. The number of para-hydroxylation sites is 1. The molecule has 0 aliphatic carbocycles. The van der Waals surface area contributed by atoms with Crippen molar-refractivity contribution in [2.24, 2.45) is 0 Å². The number of anilines is 2. The Bertz CT molecular complexity index is 909. The van der Waals surface area contributed by atoms with Gasteiger partial charge in [0.1, 0.15) is 5.15 Å². The Hall–Kier alpha value is -2.81. The molecule has 0 aliphatic rings. The molecule has 0 unspecified atom stereocenters. The maximum atomic E-state index is 12.9. The quantitative estimate of drug-likeness (QED) is 0.681. The van der Waals surface area contributed by atoms with Gasteiger partial charge in [0.05, 0.1) is 11.3 Å². The zero-order valence-electron chi connectivity index (χ0n) is 11.8. The second kappa shape index (κ2) is 6.00. The molecule has 3 rings (SSSR count). The van der Waals surface area contributed by atoms with Gasteiger partial charge in [0, 0.05) is 0 Å². The zero-order valence-corrected chi connectivity index (χ0v) is 12.6. The third-order valence-corrected chi connectivity index (χ3v) is 3.38. The first-order valence-electron chi connectivity index (χ1n) is 6.60. The molecule has 2 N–H and O–H groups in total. The highest BCUT2D eigenvalue weighted by molar-refractivity contribution is 6.30. The summed E-state index contributed by atoms with van der Waals surface area (Å²) in [7, 11) is 0. The van der Waals surface area contributed by atoms with Crippen molar-refractivity contribution >= 4 is 34.9 Å². The summed E-state index contributed by atoms with van der Waals surface area (Å²) in [5.74, 6) is -0.0161. The maximum Gasteiger partial charge on any atom is 0.418 e. The lowest BCUT2D eigenvalue weighted by atomic mass is 10.1. The Morgan fingerprint density at radius 3 is 2.54 bits per heavy atom. The van der Waals surface area contributed by atoms with Gasteiger partial charge in [-0.3, -0.25) is 9.72 Å². The molecule has 0 spiro atoms. The number of carbonyl (C=O) groups is 1. The van der Waals surface area contributed by atoms with E-state index in [9.17, 15) is 18.0 Å². The van der Waals surface area contributed by atoms with Crippen LogP contribution in [-0.2, 0) is 6.18 Å². The molecular weight excluding hydrogens is 347 g/mol. The molecule has 2 aromatic heterocycles. The van der Waals surface area contributed by atoms with Crippen molar-refractivity contribution in [3.05, 3.63) is 53.2 Å². The van der Waals surface area contributed by atoms with E-state index in [4.69, 9.17) is 11.6 Å². The minimum absolute atomic E-state index is 0.0161. The predicted octanol–water partition coefficient (Wildman–Crippen LogP) is 4.05. The first-order chi connectivity index (χ1) is 11.4. The third kappa shape index (κ3) is 3.11. The molecule has 0 saturated heterocycles. The summed E-state index contributed by atoms with van der Waals surface area (Å²) in [6, 6.07) is 8.56. The van der Waals surface area contributed by atoms with Gasteiger partial charge in [-0.15, -0.1) is 10.2 Å². The predicted molar refractivity (Wildman–Crippen MR) is 82.1 cm³/mol. The largest absolute Gasteiger partial charge is 0.418 e. The van der Waals surface area contributed by atoms with Crippen LogP contribution in [0, 0.1) is 0 Å². The van der Waals surface area contributed by atoms with Crippen LogP contribution in [0.15, 0.2) is 42.5 Å². The van der Waals surface area contributed by atoms with Gasteiger partial charge in [-0.05, 0) is 24.3 Å². The van der Waals surface area contributed by atoms with Crippen LogP contribution in [0.3, 0.4) is 0 Å². The van der Waals surface area contributed by atoms with Gasteiger partial charge in [-0.25, -0.2) is 4.79 Å². The number of nitrogens with one attached hydrogen (secondary N) is 2. The first kappa shape index (κ1) is 16.1. The van der Waals surface area contributed by atoms with E-state index in [0.29, 0.717) is 5.65 Å². The fourth-order valence-electron chi connectivity index (χ4n) is 2.08. The Morgan fingerprint density at radius 1 is 1.04 bits per heavy atom. The molecule has 10 heteroatoms. The van der Waals surface area contributed by atoms with Crippen molar-refractivity contribution in [2.75, 3.05) is 10.6 Å². The normalized spacial score (nSPS) is 11.5. The fraction of sp³-hybridized carbons (Fsp3) is 0.0714. The molecule has 0 bridgehead atoms. The molecule has 2 amide bonds. The molecular formula is C14H9ClF3N5O. The van der Waals surface area contributed by atoms with Crippen molar-refractivity contribution in [1.82, 2.24) is 14.6 Å². The number of pyridine rings is 1. The Morgan fingerprint density at radius 2 is 1.79 bits per heavy atom. The number of hydrogen-bond acceptors (Lipinski definition) is 3. The first-order valence-corrected chi connectivity index (χ1v) is 6.98. The van der Waals surface area contributed by atoms with Crippen molar-refractivity contribution in [3.8, 4) is 0 Å². The van der Waals surface area contributed by atoms with Gasteiger partial charge in [0.25, 0.3) is 0 Å². The third-order valence-electron chi connectivity index (χ3n) is 3.09. The highest BCUT2D eigenvalue weighted by atomic mass is 35.5. The Kier molecular flexibility index (Phi) is 4.02. The highest BCUT2D eigenvalue weighted by Gasteiger charge is 2.33. The number of aromatic nitrogens is 3. The van der Waals surface area contributed by atoms with Crippen LogP contribution in [0.5, 0.6) is 0 Å². The minimum atomic E-state index is -4.59. The number of urea groups is 1. The molecule has 0 atom stereocenters. The smallest absolute Gasteiger partial charge is 0.307 e. The number of benzene rings is 1. The lowest BCUT2D eigenvalue weighted by Gasteiger charge is -2.13. The van der Waals surface area contributed by atoms with E-state index < -0.39 is 17.8 Å². The number of carbonyl (C=O) groups excluding carboxylic acids is 1. The van der Waals surface area contributed by atoms with Crippen LogP contribution in [0.4, 0.5) is 29.6 Å². The lowest BCUT2D eigenvalue weighted by Crippen LogP contribution is -2.23. The van der Waals surface area contributed by atoms with Crippen molar-refractivity contribution in [1.29, 1.82) is 0 Å². The molecule has 3 aromatic rings. The molecule has 0 fully saturated rings. The summed E-state index contributed by atoms with van der Waals surface area (Å²) in [5.41, 5.74) is -0.944. The fourth-order valence-corrected chi connectivity index (χ4v) is 2.32. The van der Waals surface area contributed by atoms with Gasteiger partial charge < -0.3 is 5.32 Å². The minimum Gasteiger partial charge on any atom is -0.307 e. The summed E-state index contributed by atoms with van der Waals surface area (Å²) in [6.07, 6.45) is -4.59. The number of fused-ring (bicyclic) bond motifs is 1. The van der Waals surface area contributed by atoms with Gasteiger partial charge in [0.15, 0.2) is 5.65 Å². The summed E-state index contributed by atoms with van der Waals surface area (Å²) in [5, 5.41) is 12.3. The lowest BCUT2D eigenvalue weighted by molar-refractivity contribution is -0.136. The second-order valence-electron chi connectivity index (χ2n) is 4.69. The van der Waals surface area contributed by atoms with E-state index in [1.54, 1.807) is 18.2 Å². The van der Waals surface area contributed by atoms with Gasteiger partial charge in [-0.2, -0.15) is 13.2 Å². The number of nitrogens with zero attached hydrogens (tertiary/aromatic N) is 3. The molecule has 1 aromatic carbocycles. The number of alkyl halides is 3. The van der Waals surface area contributed by atoms with Gasteiger partial charge in [-0.1, -0.05) is 29.8 Å². The van der Waals surface area contributed by atoms with Crippen LogP contribution in [0.2, 0.25) is 5.15 Å². The van der Waals surface area contributed by atoms with Crippen LogP contribution in [0.1, 0.15) is 5.56 Å². The maximum absolute atomic E-state index is 12.9. The van der Waals surface area contributed by atoms with E-state index in [-0.39, 0.29) is 16.8 Å². The van der Waals surface area contributed by atoms with Gasteiger partial charge >= 0.3 is 12.2 Å². The van der Waals surface area contributed by atoms with Crippen LogP contribution >= 0.6 is 11.6 Å². The highest BCUT2D eigenvalue weighted by Crippen LogP contribution is 2.34. The molecule has 0 saturated carbocycles. The summed E-state index contributed by atoms with van der Waals surface area (Å²) >= 11 is 5.99. The van der Waals surface area contributed by atoms with Crippen molar-refractivity contribution in [3.63, 3.8) is 0 Å². The van der Waals surface area contributed by atoms with Crippen molar-refractivity contribution in [2.45, 2.75) is 6.18 Å². The average Bonchev–Trinajstić information content (AvgIpc) is 2.91. The molecule has 0 aliphatic heterocycles. The van der Waals surface area contributed by atoms with Crippen molar-refractivity contribution < 1.29 is 18.0 Å². The summed E-state index contributed by atoms with van der Waals surface area (Å²) in [4.78, 5) is 12.0. The van der Waals surface area contributed by atoms with Crippen LogP contribution in [0.25, 0.3) is 5.65 Å². The number of amides is 2. The number of halogens is 4. The molecule has 24 heavy (non-hydrogen) atoms. The van der Waals surface area contributed by atoms with Crippen LogP contribution in [-0.4, -0.2) is 20.6 Å². The van der Waals surface area contributed by atoms with E-state index in [0.717, 1.165) is 12.1 Å². The molecule has 2 heterocycles.